The van der Waals surface area contributed by atoms with Crippen LogP contribution in [0, 0.1) is 11.6 Å². The smallest absolute Gasteiger partial charge is 0.151 e. The van der Waals surface area contributed by atoms with Crippen LogP contribution in [0.15, 0.2) is 42.7 Å². The van der Waals surface area contributed by atoms with Crippen LogP contribution in [0.25, 0.3) is 16.7 Å². The Bertz CT molecular complexity index is 734. The van der Waals surface area contributed by atoms with E-state index in [0.29, 0.717) is 0 Å². The topological polar surface area (TPSA) is 43.8 Å². The van der Waals surface area contributed by atoms with Crippen molar-refractivity contribution >= 4 is 16.7 Å². The molecule has 3 aromatic rings. The fourth-order valence-corrected chi connectivity index (χ4v) is 1.92. The number of hydrogen-bond acceptors (Lipinski definition) is 2. The van der Waals surface area contributed by atoms with E-state index in [1.54, 1.807) is 4.57 Å². The average Bonchev–Trinajstić information content (AvgIpc) is 2.77. The predicted molar refractivity (Wildman–Crippen MR) is 65.4 cm³/mol. The molecular formula is C13H9F2N3. The van der Waals surface area contributed by atoms with Crippen molar-refractivity contribution in [2.45, 2.75) is 0 Å². The van der Waals surface area contributed by atoms with Crippen LogP contribution in [-0.4, -0.2) is 9.55 Å². The molecule has 0 aliphatic carbocycles. The highest BCUT2D eigenvalue weighted by molar-refractivity contribution is 5.79. The van der Waals surface area contributed by atoms with Gasteiger partial charge in [0.1, 0.15) is 12.1 Å². The van der Waals surface area contributed by atoms with E-state index in [2.05, 4.69) is 4.98 Å². The summed E-state index contributed by atoms with van der Waals surface area (Å²) in [5.74, 6) is -1.45. The number of benzene rings is 2. The lowest BCUT2D eigenvalue weighted by atomic mass is 10.2. The van der Waals surface area contributed by atoms with Crippen molar-refractivity contribution in [3.63, 3.8) is 0 Å². The first-order valence-corrected chi connectivity index (χ1v) is 5.34. The summed E-state index contributed by atoms with van der Waals surface area (Å²) in [7, 11) is 0. The van der Waals surface area contributed by atoms with Gasteiger partial charge in [0, 0.05) is 12.1 Å². The lowest BCUT2D eigenvalue weighted by molar-refractivity contribution is 0.585. The summed E-state index contributed by atoms with van der Waals surface area (Å²) in [5.41, 5.74) is 7.28. The second-order valence-electron chi connectivity index (χ2n) is 3.92. The molecule has 3 nitrogen and oxygen atoms in total. The molecule has 0 saturated heterocycles. The molecule has 3 rings (SSSR count). The van der Waals surface area contributed by atoms with Crippen LogP contribution < -0.4 is 5.73 Å². The first-order valence-electron chi connectivity index (χ1n) is 5.34. The number of nitrogen functional groups attached to an aromatic ring is 1. The zero-order valence-corrected chi connectivity index (χ0v) is 9.27. The molecule has 5 heteroatoms. The van der Waals surface area contributed by atoms with Gasteiger partial charge in [0.25, 0.3) is 0 Å². The second-order valence-corrected chi connectivity index (χ2v) is 3.92. The number of rotatable bonds is 1. The van der Waals surface area contributed by atoms with Crippen molar-refractivity contribution in [2.75, 3.05) is 5.73 Å². The van der Waals surface area contributed by atoms with E-state index >= 15 is 0 Å². The van der Waals surface area contributed by atoms with E-state index in [9.17, 15) is 8.78 Å². The first kappa shape index (κ1) is 10.7. The Morgan fingerprint density at radius 2 is 1.89 bits per heavy atom. The highest BCUT2D eigenvalue weighted by Gasteiger charge is 2.12. The van der Waals surface area contributed by atoms with Crippen molar-refractivity contribution in [1.29, 1.82) is 0 Å². The molecule has 0 atom stereocenters. The molecule has 2 aromatic carbocycles. The van der Waals surface area contributed by atoms with Gasteiger partial charge in [-0.05, 0) is 12.1 Å². The average molecular weight is 245 g/mol. The minimum Gasteiger partial charge on any atom is -0.395 e. The summed E-state index contributed by atoms with van der Waals surface area (Å²) in [5, 5.41) is 0. The minimum absolute atomic E-state index is 0.0976. The van der Waals surface area contributed by atoms with Gasteiger partial charge in [-0.15, -0.1) is 0 Å². The number of hydrogen-bond donors (Lipinski definition) is 1. The van der Waals surface area contributed by atoms with E-state index in [1.165, 1.54) is 12.4 Å². The minimum atomic E-state index is -0.775. The Morgan fingerprint density at radius 3 is 2.72 bits per heavy atom. The van der Waals surface area contributed by atoms with Crippen molar-refractivity contribution < 1.29 is 8.78 Å². The summed E-state index contributed by atoms with van der Waals surface area (Å²) in [6.07, 6.45) is 1.50. The van der Waals surface area contributed by atoms with Gasteiger partial charge in [-0.3, -0.25) is 4.57 Å². The number of para-hydroxylation sites is 2. The third kappa shape index (κ3) is 1.52. The quantitative estimate of drug-likeness (QED) is 0.670. The molecule has 0 spiro atoms. The summed E-state index contributed by atoms with van der Waals surface area (Å²) in [6.45, 7) is 0. The summed E-state index contributed by atoms with van der Waals surface area (Å²) in [6, 6.07) is 9.24. The molecule has 18 heavy (non-hydrogen) atoms. The van der Waals surface area contributed by atoms with Crippen LogP contribution in [0.1, 0.15) is 0 Å². The molecule has 1 heterocycles. The lowest BCUT2D eigenvalue weighted by Crippen LogP contribution is -2.02. The third-order valence-corrected chi connectivity index (χ3v) is 2.79. The predicted octanol–water partition coefficient (Wildman–Crippen LogP) is 2.89. The maximum Gasteiger partial charge on any atom is 0.151 e. The zero-order valence-electron chi connectivity index (χ0n) is 9.27. The molecule has 1 aromatic heterocycles. The molecule has 0 aliphatic rings. The fourth-order valence-electron chi connectivity index (χ4n) is 1.92. The summed E-state index contributed by atoms with van der Waals surface area (Å²) >= 11 is 0. The molecule has 0 aliphatic heterocycles. The van der Waals surface area contributed by atoms with Gasteiger partial charge in [0.05, 0.1) is 22.4 Å². The first-order chi connectivity index (χ1) is 8.66. The normalized spacial score (nSPS) is 11.0. The number of imidazole rings is 1. The maximum absolute atomic E-state index is 13.4. The molecule has 0 saturated carbocycles. The van der Waals surface area contributed by atoms with Crippen LogP contribution in [-0.2, 0) is 0 Å². The van der Waals surface area contributed by atoms with Crippen molar-refractivity contribution in [3.05, 3.63) is 54.4 Å². The highest BCUT2D eigenvalue weighted by atomic mass is 19.1. The molecule has 0 radical (unpaired) electrons. The second kappa shape index (κ2) is 3.80. The molecule has 2 N–H and O–H groups in total. The van der Waals surface area contributed by atoms with Gasteiger partial charge in [-0.1, -0.05) is 12.1 Å². The number of nitrogens with zero attached hydrogens (tertiary/aromatic N) is 2. The largest absolute Gasteiger partial charge is 0.395 e. The molecular weight excluding hydrogens is 236 g/mol. The fraction of sp³-hybridized carbons (Fsp3) is 0. The van der Waals surface area contributed by atoms with Gasteiger partial charge in [-0.2, -0.15) is 0 Å². The van der Waals surface area contributed by atoms with E-state index in [1.807, 2.05) is 24.3 Å². The standard InChI is InChI=1S/C13H9F2N3/c14-8-5-9(15)13(16)12(6-8)18-7-17-10-3-1-2-4-11(10)18/h1-7H,16H2. The number of fused-ring (bicyclic) bond motifs is 1. The molecule has 90 valence electrons. The number of halogens is 2. The maximum atomic E-state index is 13.4. The van der Waals surface area contributed by atoms with Crippen LogP contribution in [0.3, 0.4) is 0 Å². The molecule has 0 fully saturated rings. The Labute approximate surface area is 101 Å². The number of anilines is 1. The Hall–Kier alpha value is -2.43. The monoisotopic (exact) mass is 245 g/mol. The highest BCUT2D eigenvalue weighted by Crippen LogP contribution is 2.25. The summed E-state index contributed by atoms with van der Waals surface area (Å²) in [4.78, 5) is 4.16. The van der Waals surface area contributed by atoms with Crippen molar-refractivity contribution in [1.82, 2.24) is 9.55 Å². The van der Waals surface area contributed by atoms with Gasteiger partial charge >= 0.3 is 0 Å². The van der Waals surface area contributed by atoms with Gasteiger partial charge in [0.2, 0.25) is 0 Å². The van der Waals surface area contributed by atoms with Gasteiger partial charge < -0.3 is 5.73 Å². The number of nitrogens with two attached hydrogens (primary N) is 1. The molecule has 0 amide bonds. The van der Waals surface area contributed by atoms with E-state index in [4.69, 9.17) is 5.73 Å². The van der Waals surface area contributed by atoms with Crippen LogP contribution >= 0.6 is 0 Å². The van der Waals surface area contributed by atoms with Crippen molar-refractivity contribution in [3.8, 4) is 5.69 Å². The van der Waals surface area contributed by atoms with E-state index in [-0.39, 0.29) is 11.4 Å². The van der Waals surface area contributed by atoms with Crippen LogP contribution in [0.4, 0.5) is 14.5 Å². The Kier molecular flexibility index (Phi) is 2.26. The Balaban J connectivity index is 2.33. The molecule has 0 bridgehead atoms. The zero-order chi connectivity index (χ0) is 12.7. The van der Waals surface area contributed by atoms with Crippen LogP contribution in [0.5, 0.6) is 0 Å². The molecule has 0 unspecified atom stereocenters. The van der Waals surface area contributed by atoms with E-state index < -0.39 is 11.6 Å². The van der Waals surface area contributed by atoms with E-state index in [0.717, 1.165) is 17.1 Å². The number of aromatic nitrogens is 2. The van der Waals surface area contributed by atoms with Gasteiger partial charge in [-0.25, -0.2) is 13.8 Å². The Morgan fingerprint density at radius 1 is 1.11 bits per heavy atom. The van der Waals surface area contributed by atoms with Gasteiger partial charge in [0.15, 0.2) is 5.82 Å². The SMILES string of the molecule is Nc1c(F)cc(F)cc1-n1cnc2ccccc21. The lowest BCUT2D eigenvalue weighted by Gasteiger charge is -2.08. The van der Waals surface area contributed by atoms with Crippen LogP contribution in [0.2, 0.25) is 0 Å². The van der Waals surface area contributed by atoms with Crippen molar-refractivity contribution in [2.24, 2.45) is 0 Å². The third-order valence-electron chi connectivity index (χ3n) is 2.79. The summed E-state index contributed by atoms with van der Waals surface area (Å²) < 4.78 is 28.3.